The second kappa shape index (κ2) is 5.72. The van der Waals surface area contributed by atoms with Crippen molar-refractivity contribution in [3.63, 3.8) is 0 Å². The number of hydrogen-bond donors (Lipinski definition) is 2. The van der Waals surface area contributed by atoms with E-state index in [1.165, 1.54) is 25.3 Å². The van der Waals surface area contributed by atoms with Gasteiger partial charge in [0.15, 0.2) is 0 Å². The molecule has 0 aromatic heterocycles. The Balaban J connectivity index is 2.22. The molecule has 1 aliphatic heterocycles. The number of carbonyl (C=O) groups excluding carboxylic acids is 1. The minimum atomic E-state index is -0.0765. The molecule has 0 radical (unpaired) electrons. The number of piperidine rings is 1. The lowest BCUT2D eigenvalue weighted by atomic mass is 10.2. The van der Waals surface area contributed by atoms with Gasteiger partial charge in [-0.15, -0.1) is 0 Å². The van der Waals surface area contributed by atoms with Crippen LogP contribution in [-0.2, 0) is 4.79 Å². The predicted molar refractivity (Wildman–Crippen MR) is 51.8 cm³/mol. The summed E-state index contributed by atoms with van der Waals surface area (Å²) in [5.41, 5.74) is 8.04. The molecule has 74 valence electrons. The highest BCUT2D eigenvalue weighted by atomic mass is 16.2. The quantitative estimate of drug-likeness (QED) is 0.606. The van der Waals surface area contributed by atoms with E-state index in [9.17, 15) is 4.79 Å². The molecule has 1 aliphatic rings. The summed E-state index contributed by atoms with van der Waals surface area (Å²) in [6.45, 7) is 2.33. The van der Waals surface area contributed by atoms with Crippen LogP contribution in [0.5, 0.6) is 0 Å². The highest BCUT2D eigenvalue weighted by molar-refractivity contribution is 5.87. The summed E-state index contributed by atoms with van der Waals surface area (Å²) in [7, 11) is 0. The lowest BCUT2D eigenvalue weighted by Gasteiger charge is -2.26. The second-order valence-corrected chi connectivity index (χ2v) is 3.16. The van der Waals surface area contributed by atoms with E-state index in [1.54, 1.807) is 6.08 Å². The average molecular weight is 183 g/mol. The highest BCUT2D eigenvalue weighted by Gasteiger charge is 2.10. The number of nitrogens with one attached hydrogen (secondary N) is 1. The fraction of sp³-hybridized carbons (Fsp3) is 0.667. The zero-order valence-corrected chi connectivity index (χ0v) is 7.83. The lowest BCUT2D eigenvalue weighted by molar-refractivity contribution is -0.121. The Morgan fingerprint density at radius 3 is 2.69 bits per heavy atom. The van der Waals surface area contributed by atoms with Gasteiger partial charge in [-0.3, -0.25) is 10.2 Å². The van der Waals surface area contributed by atoms with Gasteiger partial charge in [0.1, 0.15) is 0 Å². The van der Waals surface area contributed by atoms with E-state index in [0.717, 1.165) is 13.1 Å². The molecule has 0 spiro atoms. The number of rotatable bonds is 3. The molecule has 0 atom stereocenters. The van der Waals surface area contributed by atoms with E-state index in [1.807, 2.05) is 5.01 Å². The summed E-state index contributed by atoms with van der Waals surface area (Å²) in [5, 5.41) is 1.96. The van der Waals surface area contributed by atoms with Gasteiger partial charge in [-0.1, -0.05) is 12.5 Å². The normalized spacial score (nSPS) is 19.2. The number of hydrogen-bond acceptors (Lipinski definition) is 3. The smallest absolute Gasteiger partial charge is 0.258 e. The number of nitrogens with two attached hydrogens (primary N) is 1. The van der Waals surface area contributed by atoms with Gasteiger partial charge < -0.3 is 5.73 Å². The maximum Gasteiger partial charge on any atom is 0.258 e. The molecule has 4 nitrogen and oxygen atoms in total. The van der Waals surface area contributed by atoms with Crippen LogP contribution in [0.1, 0.15) is 19.3 Å². The van der Waals surface area contributed by atoms with Crippen molar-refractivity contribution in [3.8, 4) is 0 Å². The summed E-state index contributed by atoms with van der Waals surface area (Å²) in [6.07, 6.45) is 6.74. The molecule has 0 aliphatic carbocycles. The van der Waals surface area contributed by atoms with Crippen LogP contribution in [0, 0.1) is 0 Å². The average Bonchev–Trinajstić information content (AvgIpc) is 2.16. The van der Waals surface area contributed by atoms with Crippen LogP contribution in [0.15, 0.2) is 12.2 Å². The number of carbonyl (C=O) groups is 1. The Morgan fingerprint density at radius 1 is 1.38 bits per heavy atom. The van der Waals surface area contributed by atoms with Gasteiger partial charge in [0.2, 0.25) is 0 Å². The van der Waals surface area contributed by atoms with Crippen LogP contribution in [0.2, 0.25) is 0 Å². The molecule has 1 amide bonds. The fourth-order valence-corrected chi connectivity index (χ4v) is 1.37. The molecule has 1 heterocycles. The molecule has 0 unspecified atom stereocenters. The molecule has 1 fully saturated rings. The second-order valence-electron chi connectivity index (χ2n) is 3.16. The van der Waals surface area contributed by atoms with Gasteiger partial charge >= 0.3 is 0 Å². The Kier molecular flexibility index (Phi) is 4.49. The first kappa shape index (κ1) is 10.2. The topological polar surface area (TPSA) is 58.4 Å². The van der Waals surface area contributed by atoms with E-state index < -0.39 is 0 Å². The summed E-state index contributed by atoms with van der Waals surface area (Å²) >= 11 is 0. The van der Waals surface area contributed by atoms with Gasteiger partial charge in [-0.05, 0) is 12.8 Å². The molecule has 0 saturated carbocycles. The van der Waals surface area contributed by atoms with E-state index in [4.69, 9.17) is 5.73 Å². The first-order valence-electron chi connectivity index (χ1n) is 4.75. The molecule has 13 heavy (non-hydrogen) atoms. The third-order valence-electron chi connectivity index (χ3n) is 2.03. The zero-order chi connectivity index (χ0) is 9.52. The summed E-state index contributed by atoms with van der Waals surface area (Å²) in [5.74, 6) is -0.0765. The van der Waals surface area contributed by atoms with Gasteiger partial charge in [0.25, 0.3) is 5.91 Å². The van der Waals surface area contributed by atoms with E-state index >= 15 is 0 Å². The van der Waals surface area contributed by atoms with E-state index in [0.29, 0.717) is 6.54 Å². The molecule has 0 aromatic carbocycles. The van der Waals surface area contributed by atoms with Crippen molar-refractivity contribution in [2.75, 3.05) is 19.6 Å². The van der Waals surface area contributed by atoms with Crippen LogP contribution in [-0.4, -0.2) is 30.6 Å². The Labute approximate surface area is 78.7 Å². The number of hydrazine groups is 1. The van der Waals surface area contributed by atoms with Gasteiger partial charge in [0, 0.05) is 25.7 Å². The van der Waals surface area contributed by atoms with Crippen molar-refractivity contribution in [1.29, 1.82) is 0 Å². The molecule has 1 rings (SSSR count). The van der Waals surface area contributed by atoms with E-state index in [-0.39, 0.29) is 5.91 Å². The third kappa shape index (κ3) is 4.05. The van der Waals surface area contributed by atoms with Crippen LogP contribution in [0.4, 0.5) is 0 Å². The van der Waals surface area contributed by atoms with Crippen LogP contribution in [0.3, 0.4) is 0 Å². The molecular weight excluding hydrogens is 166 g/mol. The molecule has 0 aromatic rings. The Bertz CT molecular complexity index is 185. The summed E-state index contributed by atoms with van der Waals surface area (Å²) < 4.78 is 0. The van der Waals surface area contributed by atoms with Crippen molar-refractivity contribution >= 4 is 5.91 Å². The van der Waals surface area contributed by atoms with Crippen LogP contribution >= 0.6 is 0 Å². The third-order valence-corrected chi connectivity index (χ3v) is 2.03. The Morgan fingerprint density at radius 2 is 2.08 bits per heavy atom. The maximum absolute atomic E-state index is 11.2. The van der Waals surface area contributed by atoms with Crippen molar-refractivity contribution in [1.82, 2.24) is 10.4 Å². The molecule has 0 bridgehead atoms. The van der Waals surface area contributed by atoms with Gasteiger partial charge in [-0.2, -0.15) is 0 Å². The molecular formula is C9H17N3O. The van der Waals surface area contributed by atoms with E-state index in [2.05, 4.69) is 5.43 Å². The van der Waals surface area contributed by atoms with Gasteiger partial charge in [0.05, 0.1) is 0 Å². The largest absolute Gasteiger partial charge is 0.327 e. The minimum absolute atomic E-state index is 0.0765. The summed E-state index contributed by atoms with van der Waals surface area (Å²) in [6, 6.07) is 0. The monoisotopic (exact) mass is 183 g/mol. The molecule has 1 saturated heterocycles. The summed E-state index contributed by atoms with van der Waals surface area (Å²) in [4.78, 5) is 11.2. The standard InChI is InChI=1S/C9H17N3O/c10-6-4-5-9(13)11-12-7-2-1-3-8-12/h4-5H,1-3,6-8,10H2,(H,11,13)/b5-4+. The molecule has 3 N–H and O–H groups in total. The van der Waals surface area contributed by atoms with Crippen molar-refractivity contribution < 1.29 is 4.79 Å². The Hall–Kier alpha value is -0.870. The van der Waals surface area contributed by atoms with Crippen molar-refractivity contribution in [2.24, 2.45) is 5.73 Å². The van der Waals surface area contributed by atoms with Crippen LogP contribution < -0.4 is 11.2 Å². The highest BCUT2D eigenvalue weighted by Crippen LogP contribution is 2.05. The number of nitrogens with zero attached hydrogens (tertiary/aromatic N) is 1. The first-order valence-corrected chi connectivity index (χ1v) is 4.75. The fourth-order valence-electron chi connectivity index (χ4n) is 1.37. The lowest BCUT2D eigenvalue weighted by Crippen LogP contribution is -2.44. The maximum atomic E-state index is 11.2. The van der Waals surface area contributed by atoms with Crippen molar-refractivity contribution in [2.45, 2.75) is 19.3 Å². The van der Waals surface area contributed by atoms with Gasteiger partial charge in [-0.25, -0.2) is 5.01 Å². The zero-order valence-electron chi connectivity index (χ0n) is 7.83. The predicted octanol–water partition coefficient (Wildman–Crippen LogP) is 0.0184. The first-order chi connectivity index (χ1) is 6.33. The SMILES string of the molecule is NC/C=C/C(=O)NN1CCCCC1. The van der Waals surface area contributed by atoms with Crippen LogP contribution in [0.25, 0.3) is 0 Å². The number of amides is 1. The van der Waals surface area contributed by atoms with Crippen molar-refractivity contribution in [3.05, 3.63) is 12.2 Å². The molecule has 4 heteroatoms. The minimum Gasteiger partial charge on any atom is -0.327 e.